The van der Waals surface area contributed by atoms with Gasteiger partial charge in [-0.25, -0.2) is 0 Å². The molecule has 0 spiro atoms. The molecule has 2 unspecified atom stereocenters. The van der Waals surface area contributed by atoms with Crippen molar-refractivity contribution in [2.24, 2.45) is 5.92 Å². The molecule has 4 heterocycles. The van der Waals surface area contributed by atoms with Crippen LogP contribution in [0.2, 0.25) is 0 Å². The topological polar surface area (TPSA) is 50.3 Å². The highest BCUT2D eigenvalue weighted by Gasteiger charge is 2.35. The van der Waals surface area contributed by atoms with E-state index in [1.807, 2.05) is 34.1 Å². The van der Waals surface area contributed by atoms with Crippen LogP contribution in [-0.4, -0.2) is 98.0 Å². The Bertz CT molecular complexity index is 1210. The minimum Gasteiger partial charge on any atom is -0.368 e. The zero-order valence-corrected chi connectivity index (χ0v) is 26.8. The molecule has 0 radical (unpaired) electrons. The summed E-state index contributed by atoms with van der Waals surface area (Å²) in [6.07, 6.45) is 5.87. The number of halogens is 2. The van der Waals surface area contributed by atoms with E-state index in [0.717, 1.165) is 45.0 Å². The molecule has 2 aromatic rings. The molecule has 4 aliphatic rings. The van der Waals surface area contributed by atoms with Gasteiger partial charge < -0.3 is 19.6 Å². The van der Waals surface area contributed by atoms with Gasteiger partial charge in [-0.1, -0.05) is 17.7 Å². The van der Waals surface area contributed by atoms with Gasteiger partial charge >= 0.3 is 0 Å². The molecule has 0 aromatic heterocycles. The third-order valence-electron chi connectivity index (χ3n) is 9.55. The van der Waals surface area contributed by atoms with Gasteiger partial charge in [-0.3, -0.25) is 14.5 Å². The number of likely N-dealkylation sites (tertiary alicyclic amines) is 2. The van der Waals surface area contributed by atoms with E-state index in [-0.39, 0.29) is 36.6 Å². The van der Waals surface area contributed by atoms with E-state index >= 15 is 0 Å². The molecule has 2 amide bonds. The molecule has 42 heavy (non-hydrogen) atoms. The average molecular weight is 617 g/mol. The molecule has 0 aliphatic carbocycles. The number of carbonyl (C=O) groups excluding carboxylic acids is 2. The summed E-state index contributed by atoms with van der Waals surface area (Å²) in [5.41, 5.74) is 5.45. The number of piperazine rings is 1. The number of aryl methyl sites for hydroxylation is 2. The van der Waals surface area contributed by atoms with Crippen molar-refractivity contribution in [2.75, 3.05) is 75.2 Å². The van der Waals surface area contributed by atoms with E-state index in [0.29, 0.717) is 23.9 Å². The van der Waals surface area contributed by atoms with Crippen molar-refractivity contribution in [3.8, 4) is 0 Å². The molecule has 2 atom stereocenters. The van der Waals surface area contributed by atoms with Crippen molar-refractivity contribution < 1.29 is 9.59 Å². The summed E-state index contributed by atoms with van der Waals surface area (Å²) in [6.45, 7) is 14.1. The maximum absolute atomic E-state index is 13.3. The second-order valence-electron chi connectivity index (χ2n) is 12.5. The minimum absolute atomic E-state index is 0. The molecule has 0 saturated carbocycles. The van der Waals surface area contributed by atoms with Gasteiger partial charge in [0.15, 0.2) is 0 Å². The fraction of sp³-hybridized carbons (Fsp3) is 0.576. The van der Waals surface area contributed by atoms with Crippen LogP contribution in [0.15, 0.2) is 42.5 Å². The molecule has 0 bridgehead atoms. The number of hydrogen-bond acceptors (Lipinski definition) is 5. The van der Waals surface area contributed by atoms with Crippen molar-refractivity contribution >= 4 is 48.0 Å². The molecule has 4 aliphatic heterocycles. The Morgan fingerprint density at radius 2 is 1.55 bits per heavy atom. The number of rotatable bonds is 7. The van der Waals surface area contributed by atoms with E-state index in [2.05, 4.69) is 46.7 Å². The zero-order valence-electron chi connectivity index (χ0n) is 25.2. The Labute approximate surface area is 264 Å². The lowest BCUT2D eigenvalue weighted by Gasteiger charge is -2.37. The molecule has 7 nitrogen and oxygen atoms in total. The zero-order chi connectivity index (χ0) is 27.6. The lowest BCUT2D eigenvalue weighted by molar-refractivity contribution is -0.117. The summed E-state index contributed by atoms with van der Waals surface area (Å²) in [6, 6.07) is 15.0. The number of benzene rings is 2. The maximum Gasteiger partial charge on any atom is 0.253 e. The van der Waals surface area contributed by atoms with Gasteiger partial charge in [0, 0.05) is 75.2 Å². The summed E-state index contributed by atoms with van der Waals surface area (Å²) < 4.78 is 0. The van der Waals surface area contributed by atoms with Crippen LogP contribution in [0.3, 0.4) is 0 Å². The Kier molecular flexibility index (Phi) is 11.2. The van der Waals surface area contributed by atoms with Crippen LogP contribution < -0.4 is 9.80 Å². The molecule has 0 N–H and O–H groups in total. The Hall–Kier alpha value is -2.32. The summed E-state index contributed by atoms with van der Waals surface area (Å²) in [5.74, 6) is 0.666. The van der Waals surface area contributed by atoms with Crippen LogP contribution in [0.5, 0.6) is 0 Å². The third kappa shape index (κ3) is 7.24. The minimum atomic E-state index is 0. The summed E-state index contributed by atoms with van der Waals surface area (Å²) in [4.78, 5) is 37.8. The van der Waals surface area contributed by atoms with Gasteiger partial charge in [0.05, 0.1) is 0 Å². The van der Waals surface area contributed by atoms with Crippen molar-refractivity contribution in [2.45, 2.75) is 52.0 Å². The third-order valence-corrected chi connectivity index (χ3v) is 9.55. The summed E-state index contributed by atoms with van der Waals surface area (Å²) in [5, 5.41) is 0. The molecule has 2 aromatic carbocycles. The second-order valence-corrected chi connectivity index (χ2v) is 12.5. The quantitative estimate of drug-likeness (QED) is 0.438. The van der Waals surface area contributed by atoms with Gasteiger partial charge in [0.25, 0.3) is 5.91 Å². The van der Waals surface area contributed by atoms with Crippen LogP contribution in [0.4, 0.5) is 11.4 Å². The van der Waals surface area contributed by atoms with Gasteiger partial charge in [-0.15, -0.1) is 24.8 Å². The van der Waals surface area contributed by atoms with E-state index in [1.54, 1.807) is 0 Å². The van der Waals surface area contributed by atoms with E-state index in [1.165, 1.54) is 68.7 Å². The Morgan fingerprint density at radius 1 is 0.833 bits per heavy atom. The summed E-state index contributed by atoms with van der Waals surface area (Å²) >= 11 is 0. The molecule has 230 valence electrons. The van der Waals surface area contributed by atoms with Crippen molar-refractivity contribution in [1.29, 1.82) is 0 Å². The molecule has 4 saturated heterocycles. The first-order valence-electron chi connectivity index (χ1n) is 15.4. The Morgan fingerprint density at radius 3 is 2.24 bits per heavy atom. The average Bonchev–Trinajstić information content (AvgIpc) is 3.72. The normalized spacial score (nSPS) is 23.3. The van der Waals surface area contributed by atoms with Gasteiger partial charge in [-0.05, 0) is 101 Å². The summed E-state index contributed by atoms with van der Waals surface area (Å²) in [7, 11) is 0. The first kappa shape index (κ1) is 32.6. The molecular weight excluding hydrogens is 569 g/mol. The predicted octanol–water partition coefficient (Wildman–Crippen LogP) is 5.02. The highest BCUT2D eigenvalue weighted by molar-refractivity contribution is 5.98. The highest BCUT2D eigenvalue weighted by atomic mass is 35.5. The number of anilines is 2. The van der Waals surface area contributed by atoms with Crippen molar-refractivity contribution in [1.82, 2.24) is 14.7 Å². The largest absolute Gasteiger partial charge is 0.368 e. The molecule has 4 fully saturated rings. The highest BCUT2D eigenvalue weighted by Crippen LogP contribution is 2.29. The van der Waals surface area contributed by atoms with Crippen molar-refractivity contribution in [3.05, 3.63) is 59.2 Å². The van der Waals surface area contributed by atoms with E-state index in [4.69, 9.17) is 0 Å². The van der Waals surface area contributed by atoms with Crippen LogP contribution >= 0.6 is 24.8 Å². The molecule has 9 heteroatoms. The smallest absolute Gasteiger partial charge is 0.253 e. The van der Waals surface area contributed by atoms with Gasteiger partial charge in [0.2, 0.25) is 5.91 Å². The first-order chi connectivity index (χ1) is 19.4. The SMILES string of the molecule is Cc1ccc(N2CCN(C(=O)c3ccc(N4CC(CN5CCCC5CN5CCCC5)CC4=O)cc3)CC2)c(C)c1.Cl.Cl. The fourth-order valence-electron chi connectivity index (χ4n) is 7.37. The van der Waals surface area contributed by atoms with E-state index in [9.17, 15) is 9.59 Å². The predicted molar refractivity (Wildman–Crippen MR) is 176 cm³/mol. The number of carbonyl (C=O) groups is 2. The number of nitrogens with zero attached hydrogens (tertiary/aromatic N) is 5. The number of amides is 2. The Balaban J connectivity index is 0.00000202. The van der Waals surface area contributed by atoms with Crippen LogP contribution in [0.1, 0.15) is 53.6 Å². The number of hydrogen-bond donors (Lipinski definition) is 0. The molecular formula is C33H47Cl2N5O2. The second kappa shape index (κ2) is 14.4. The molecule has 6 rings (SSSR count). The van der Waals surface area contributed by atoms with Crippen molar-refractivity contribution in [3.63, 3.8) is 0 Å². The van der Waals surface area contributed by atoms with Gasteiger partial charge in [-0.2, -0.15) is 0 Å². The standard InChI is InChI=1S/C33H45N5O2.2ClH/c1-25-7-12-31(26(2)20-25)35-16-18-36(19-17-35)33(40)28-8-10-29(11-9-28)38-23-27(21-32(38)39)22-37-15-5-6-30(37)24-34-13-3-4-14-34;;/h7-12,20,27,30H,3-6,13-19,21-24H2,1-2H3;2*1H. The maximum atomic E-state index is 13.3. The lowest BCUT2D eigenvalue weighted by Crippen LogP contribution is -2.49. The van der Waals surface area contributed by atoms with Gasteiger partial charge in [0.1, 0.15) is 0 Å². The fourth-order valence-corrected chi connectivity index (χ4v) is 7.37. The van der Waals surface area contributed by atoms with Crippen LogP contribution in [0.25, 0.3) is 0 Å². The van der Waals surface area contributed by atoms with E-state index < -0.39 is 0 Å². The first-order valence-corrected chi connectivity index (χ1v) is 15.4. The monoisotopic (exact) mass is 615 g/mol. The van der Waals surface area contributed by atoms with Crippen LogP contribution in [-0.2, 0) is 4.79 Å². The van der Waals surface area contributed by atoms with Crippen LogP contribution in [0, 0.1) is 19.8 Å². The lowest BCUT2D eigenvalue weighted by atomic mass is 10.1.